The van der Waals surface area contributed by atoms with Crippen molar-refractivity contribution in [2.24, 2.45) is 11.8 Å². The van der Waals surface area contributed by atoms with Gasteiger partial charge in [0, 0.05) is 17.5 Å². The summed E-state index contributed by atoms with van der Waals surface area (Å²) in [6, 6.07) is 6.44. The molecule has 2 heterocycles. The van der Waals surface area contributed by atoms with Crippen molar-refractivity contribution >= 4 is 17.2 Å². The molecule has 2 fully saturated rings. The van der Waals surface area contributed by atoms with E-state index in [0.717, 1.165) is 46.9 Å². The second-order valence-corrected chi connectivity index (χ2v) is 9.40. The molecule has 1 aromatic heterocycles. The van der Waals surface area contributed by atoms with Crippen LogP contribution in [0.4, 0.5) is 4.39 Å². The summed E-state index contributed by atoms with van der Waals surface area (Å²) in [5.41, 5.74) is 1.50. The molecule has 0 N–H and O–H groups in total. The van der Waals surface area contributed by atoms with Gasteiger partial charge in [-0.05, 0) is 67.9 Å². The number of benzene rings is 1. The van der Waals surface area contributed by atoms with Gasteiger partial charge in [0.15, 0.2) is 0 Å². The first-order valence-corrected chi connectivity index (χ1v) is 11.0. The zero-order valence-corrected chi connectivity index (χ0v) is 17.3. The zero-order chi connectivity index (χ0) is 19.8. The van der Waals surface area contributed by atoms with Crippen LogP contribution in [-0.2, 0) is 11.3 Å². The normalized spacial score (nSPS) is 24.8. The van der Waals surface area contributed by atoms with Crippen LogP contribution in [0.1, 0.15) is 43.9 Å². The molecule has 1 saturated carbocycles. The van der Waals surface area contributed by atoms with Gasteiger partial charge in [0.05, 0.1) is 5.69 Å². The summed E-state index contributed by atoms with van der Waals surface area (Å²) >= 11 is 1.15. The molecule has 1 amide bonds. The Morgan fingerprint density at radius 1 is 1.18 bits per heavy atom. The van der Waals surface area contributed by atoms with Crippen molar-refractivity contribution in [3.63, 3.8) is 0 Å². The molecule has 1 aliphatic heterocycles. The van der Waals surface area contributed by atoms with Gasteiger partial charge in [0.2, 0.25) is 5.91 Å². The maximum Gasteiger partial charge on any atom is 0.308 e. The topological polar surface area (TPSA) is 42.3 Å². The highest BCUT2D eigenvalue weighted by atomic mass is 32.1. The molecule has 0 radical (unpaired) electrons. The fraction of sp³-hybridized carbons (Fsp3) is 0.545. The second kappa shape index (κ2) is 7.82. The minimum atomic E-state index is -0.313. The number of halogens is 1. The van der Waals surface area contributed by atoms with Gasteiger partial charge >= 0.3 is 4.87 Å². The Morgan fingerprint density at radius 3 is 2.64 bits per heavy atom. The minimum Gasteiger partial charge on any atom is -0.338 e. The molecule has 0 spiro atoms. The number of likely N-dealkylation sites (tertiary alicyclic amines) is 1. The van der Waals surface area contributed by atoms with E-state index in [1.165, 1.54) is 31.4 Å². The summed E-state index contributed by atoms with van der Waals surface area (Å²) in [6.45, 7) is 5.04. The molecular weight excluding hydrogens is 375 g/mol. The molecule has 3 atom stereocenters. The highest BCUT2D eigenvalue weighted by molar-refractivity contribution is 7.09. The van der Waals surface area contributed by atoms with E-state index in [1.54, 1.807) is 16.7 Å². The molecule has 0 unspecified atom stereocenters. The summed E-state index contributed by atoms with van der Waals surface area (Å²) in [7, 11) is 0. The number of hydrogen-bond donors (Lipinski definition) is 0. The molecule has 2 aromatic rings. The quantitative estimate of drug-likeness (QED) is 0.761. The van der Waals surface area contributed by atoms with Crippen LogP contribution < -0.4 is 4.87 Å². The van der Waals surface area contributed by atoms with Crippen LogP contribution in [0.15, 0.2) is 29.1 Å². The van der Waals surface area contributed by atoms with Crippen molar-refractivity contribution in [3.8, 4) is 11.3 Å². The number of amides is 1. The van der Waals surface area contributed by atoms with Gasteiger partial charge in [-0.3, -0.25) is 14.2 Å². The zero-order valence-electron chi connectivity index (χ0n) is 16.5. The lowest BCUT2D eigenvalue weighted by atomic mass is 9.72. The Labute approximate surface area is 169 Å². The van der Waals surface area contributed by atoms with Crippen LogP contribution in [0.2, 0.25) is 0 Å². The summed E-state index contributed by atoms with van der Waals surface area (Å²) in [5, 5.41) is 0. The van der Waals surface area contributed by atoms with Crippen LogP contribution in [0, 0.1) is 24.6 Å². The largest absolute Gasteiger partial charge is 0.338 e. The van der Waals surface area contributed by atoms with E-state index in [9.17, 15) is 14.0 Å². The molecule has 6 heteroatoms. The monoisotopic (exact) mass is 402 g/mol. The molecule has 1 aliphatic carbocycles. The Hall–Kier alpha value is -1.95. The van der Waals surface area contributed by atoms with Gasteiger partial charge in [-0.15, -0.1) is 0 Å². The van der Waals surface area contributed by atoms with Crippen LogP contribution in [-0.4, -0.2) is 28.0 Å². The molecule has 1 saturated heterocycles. The van der Waals surface area contributed by atoms with E-state index in [0.29, 0.717) is 17.9 Å². The molecule has 0 bridgehead atoms. The Morgan fingerprint density at radius 2 is 1.89 bits per heavy atom. The first-order valence-electron chi connectivity index (χ1n) is 10.2. The van der Waals surface area contributed by atoms with Crippen molar-refractivity contribution in [2.75, 3.05) is 6.54 Å². The molecule has 4 rings (SSSR count). The highest BCUT2D eigenvalue weighted by Crippen LogP contribution is 2.39. The number of hydrogen-bond acceptors (Lipinski definition) is 3. The van der Waals surface area contributed by atoms with E-state index in [1.807, 2.05) is 11.8 Å². The number of piperidine rings is 1. The first-order chi connectivity index (χ1) is 13.5. The second-order valence-electron chi connectivity index (χ2n) is 8.23. The lowest BCUT2D eigenvalue weighted by Crippen LogP contribution is -2.53. The fourth-order valence-electron chi connectivity index (χ4n) is 5.08. The standard InChI is InChI=1S/C22H27FN2O2S/c1-14-11-12-24(19-6-4-3-5-18(14)19)20(26)13-25-21(15(2)28-22(25)27)16-7-9-17(23)10-8-16/h7-10,14,18-19H,3-6,11-13H2,1-2H3/t14-,18-,19-/m0/s1. The number of aromatic nitrogens is 1. The van der Waals surface area contributed by atoms with Crippen LogP contribution in [0.3, 0.4) is 0 Å². The van der Waals surface area contributed by atoms with Gasteiger partial charge < -0.3 is 4.90 Å². The number of carbonyl (C=O) groups is 1. The van der Waals surface area contributed by atoms with Crippen molar-refractivity contribution in [1.29, 1.82) is 0 Å². The molecule has 28 heavy (non-hydrogen) atoms. The molecule has 2 aliphatic rings. The third-order valence-electron chi connectivity index (χ3n) is 6.53. The van der Waals surface area contributed by atoms with Crippen molar-refractivity contribution in [2.45, 2.75) is 58.5 Å². The predicted molar refractivity (Wildman–Crippen MR) is 110 cm³/mol. The van der Waals surface area contributed by atoms with Gasteiger partial charge in [-0.1, -0.05) is 31.1 Å². The lowest BCUT2D eigenvalue weighted by Gasteiger charge is -2.47. The number of carbonyl (C=O) groups excluding carboxylic acids is 1. The van der Waals surface area contributed by atoms with Crippen LogP contribution in [0.25, 0.3) is 11.3 Å². The van der Waals surface area contributed by atoms with Gasteiger partial charge in [0.25, 0.3) is 0 Å². The van der Waals surface area contributed by atoms with Crippen molar-refractivity contribution in [3.05, 3.63) is 44.6 Å². The summed E-state index contributed by atoms with van der Waals surface area (Å²) in [5.74, 6) is 0.971. The van der Waals surface area contributed by atoms with E-state index in [-0.39, 0.29) is 23.1 Å². The maximum atomic E-state index is 13.3. The van der Waals surface area contributed by atoms with E-state index in [4.69, 9.17) is 0 Å². The van der Waals surface area contributed by atoms with Crippen LogP contribution >= 0.6 is 11.3 Å². The third-order valence-corrected chi connectivity index (χ3v) is 7.43. The molecular formula is C22H27FN2O2S. The molecule has 4 nitrogen and oxygen atoms in total. The van der Waals surface area contributed by atoms with E-state index >= 15 is 0 Å². The van der Waals surface area contributed by atoms with Gasteiger partial charge in [-0.2, -0.15) is 0 Å². The van der Waals surface area contributed by atoms with Crippen molar-refractivity contribution in [1.82, 2.24) is 9.47 Å². The van der Waals surface area contributed by atoms with Gasteiger partial charge in [0.1, 0.15) is 12.4 Å². The minimum absolute atomic E-state index is 0.0343. The Balaban J connectivity index is 1.61. The number of thiazole rings is 1. The number of fused-ring (bicyclic) bond motifs is 1. The number of aryl methyl sites for hydroxylation is 1. The Kier molecular flexibility index (Phi) is 5.41. The number of nitrogens with zero attached hydrogens (tertiary/aromatic N) is 2. The Bertz CT molecular complexity index is 918. The number of rotatable bonds is 3. The smallest absolute Gasteiger partial charge is 0.308 e. The van der Waals surface area contributed by atoms with E-state index < -0.39 is 0 Å². The summed E-state index contributed by atoms with van der Waals surface area (Å²) in [4.78, 5) is 28.6. The molecule has 1 aromatic carbocycles. The maximum absolute atomic E-state index is 13.3. The molecule has 150 valence electrons. The first kappa shape index (κ1) is 19.4. The highest BCUT2D eigenvalue weighted by Gasteiger charge is 2.39. The van der Waals surface area contributed by atoms with Crippen LogP contribution in [0.5, 0.6) is 0 Å². The van der Waals surface area contributed by atoms with Gasteiger partial charge in [-0.25, -0.2) is 4.39 Å². The van der Waals surface area contributed by atoms with E-state index in [2.05, 4.69) is 6.92 Å². The summed E-state index contributed by atoms with van der Waals surface area (Å²) in [6.07, 6.45) is 5.74. The van der Waals surface area contributed by atoms with Crippen molar-refractivity contribution < 1.29 is 9.18 Å². The third kappa shape index (κ3) is 3.54. The fourth-order valence-corrected chi connectivity index (χ4v) is 5.93. The predicted octanol–water partition coefficient (Wildman–Crippen LogP) is 4.45. The average Bonchev–Trinajstić information content (AvgIpc) is 2.96. The lowest BCUT2D eigenvalue weighted by molar-refractivity contribution is -0.139. The average molecular weight is 403 g/mol. The SMILES string of the molecule is Cc1sc(=O)n(CC(=O)N2CC[C@H](C)[C@@H]3CCCC[C@@H]32)c1-c1ccc(F)cc1. The summed E-state index contributed by atoms with van der Waals surface area (Å²) < 4.78 is 14.9.